The molecule has 24 heavy (non-hydrogen) atoms. The van der Waals surface area contributed by atoms with Gasteiger partial charge < -0.3 is 0 Å². The Morgan fingerprint density at radius 3 is 2.33 bits per heavy atom. The van der Waals surface area contributed by atoms with Gasteiger partial charge in [-0.2, -0.15) is 0 Å². The molecule has 126 valence electrons. The molecule has 2 rings (SSSR count). The van der Waals surface area contributed by atoms with E-state index in [-0.39, 0.29) is 11.8 Å². The summed E-state index contributed by atoms with van der Waals surface area (Å²) in [5, 5.41) is 1.99. The minimum absolute atomic E-state index is 0.298. The zero-order chi connectivity index (χ0) is 17.5. The number of nitrogens with one attached hydrogen (secondary N) is 1. The Bertz CT molecular complexity index is 720. The highest BCUT2D eigenvalue weighted by Gasteiger charge is 2.19. The summed E-state index contributed by atoms with van der Waals surface area (Å²) >= 11 is 11.9. The number of carbonyl (C=O) groups is 2. The van der Waals surface area contributed by atoms with Crippen molar-refractivity contribution in [2.24, 2.45) is 0 Å². The van der Waals surface area contributed by atoms with E-state index in [2.05, 4.69) is 5.43 Å². The topological polar surface area (TPSA) is 49.4 Å². The fourth-order valence-corrected chi connectivity index (χ4v) is 2.38. The lowest BCUT2D eigenvalue weighted by Gasteiger charge is -2.23. The molecule has 2 aromatic carbocycles. The van der Waals surface area contributed by atoms with Gasteiger partial charge in [-0.1, -0.05) is 54.7 Å². The van der Waals surface area contributed by atoms with Crippen LogP contribution in [0.4, 0.5) is 0 Å². The summed E-state index contributed by atoms with van der Waals surface area (Å²) in [6.45, 7) is 2.43. The minimum atomic E-state index is -0.333. The van der Waals surface area contributed by atoms with Gasteiger partial charge in [0.25, 0.3) is 11.8 Å². The van der Waals surface area contributed by atoms with Gasteiger partial charge in [-0.3, -0.25) is 15.0 Å². The van der Waals surface area contributed by atoms with Crippen LogP contribution in [0.2, 0.25) is 10.0 Å². The molecule has 0 bridgehead atoms. The number of unbranched alkanes of at least 4 members (excludes halogenated alkanes) is 1. The average molecular weight is 365 g/mol. The molecule has 0 spiro atoms. The summed E-state index contributed by atoms with van der Waals surface area (Å²) in [6, 6.07) is 13.4. The van der Waals surface area contributed by atoms with Crippen LogP contribution in [0.25, 0.3) is 0 Å². The van der Waals surface area contributed by atoms with E-state index in [9.17, 15) is 9.59 Å². The highest BCUT2D eigenvalue weighted by Crippen LogP contribution is 2.23. The SMILES string of the molecule is CCCCN(NC(=O)c1ccccc1)C(=O)c1ccc(Cl)c(Cl)c1. The molecule has 0 saturated carbocycles. The number of hydrogen-bond donors (Lipinski definition) is 1. The first-order valence-electron chi connectivity index (χ1n) is 7.66. The van der Waals surface area contributed by atoms with E-state index in [0.29, 0.717) is 27.7 Å². The quantitative estimate of drug-likeness (QED) is 0.789. The van der Waals surface area contributed by atoms with Crippen LogP contribution in [0.3, 0.4) is 0 Å². The molecule has 4 nitrogen and oxygen atoms in total. The summed E-state index contributed by atoms with van der Waals surface area (Å²) < 4.78 is 0. The Labute approximate surface area is 151 Å². The molecule has 0 radical (unpaired) electrons. The van der Waals surface area contributed by atoms with Crippen molar-refractivity contribution in [1.82, 2.24) is 10.4 Å². The van der Waals surface area contributed by atoms with Crippen LogP contribution in [-0.4, -0.2) is 23.4 Å². The van der Waals surface area contributed by atoms with Crippen molar-refractivity contribution in [2.75, 3.05) is 6.54 Å². The van der Waals surface area contributed by atoms with Gasteiger partial charge in [0.1, 0.15) is 0 Å². The molecular formula is C18H18Cl2N2O2. The van der Waals surface area contributed by atoms with Crippen molar-refractivity contribution in [3.05, 3.63) is 69.7 Å². The van der Waals surface area contributed by atoms with Crippen molar-refractivity contribution in [3.8, 4) is 0 Å². The minimum Gasteiger partial charge on any atom is -0.267 e. The van der Waals surface area contributed by atoms with Gasteiger partial charge in [0.15, 0.2) is 0 Å². The van der Waals surface area contributed by atoms with Crippen LogP contribution in [0.15, 0.2) is 48.5 Å². The fourth-order valence-electron chi connectivity index (χ4n) is 2.09. The second-order valence-corrected chi connectivity index (χ2v) is 6.06. The molecule has 1 N–H and O–H groups in total. The van der Waals surface area contributed by atoms with Gasteiger partial charge in [0, 0.05) is 17.7 Å². The van der Waals surface area contributed by atoms with Gasteiger partial charge in [0.2, 0.25) is 0 Å². The van der Waals surface area contributed by atoms with Gasteiger partial charge in [-0.15, -0.1) is 0 Å². The third kappa shape index (κ3) is 4.73. The number of hydrazine groups is 1. The molecule has 0 aromatic heterocycles. The third-order valence-corrected chi connectivity index (χ3v) is 4.16. The standard InChI is InChI=1S/C18H18Cl2N2O2/c1-2-3-11-22(21-17(23)13-7-5-4-6-8-13)18(24)14-9-10-15(19)16(20)12-14/h4-10,12H,2-3,11H2,1H3,(H,21,23). The Morgan fingerprint density at radius 1 is 1.00 bits per heavy atom. The molecule has 0 fully saturated rings. The predicted molar refractivity (Wildman–Crippen MR) is 96.3 cm³/mol. The van der Waals surface area contributed by atoms with Gasteiger partial charge in [-0.25, -0.2) is 5.01 Å². The van der Waals surface area contributed by atoms with Crippen LogP contribution in [0.5, 0.6) is 0 Å². The lowest BCUT2D eigenvalue weighted by molar-refractivity contribution is 0.0580. The number of hydrogen-bond acceptors (Lipinski definition) is 2. The van der Waals surface area contributed by atoms with Crippen molar-refractivity contribution in [3.63, 3.8) is 0 Å². The summed E-state index contributed by atoms with van der Waals surface area (Å²) in [6.07, 6.45) is 1.66. The molecule has 0 aliphatic carbocycles. The van der Waals surface area contributed by atoms with Crippen molar-refractivity contribution in [2.45, 2.75) is 19.8 Å². The van der Waals surface area contributed by atoms with E-state index in [1.807, 2.05) is 13.0 Å². The molecule has 0 heterocycles. The lowest BCUT2D eigenvalue weighted by Crippen LogP contribution is -2.46. The normalized spacial score (nSPS) is 10.3. The summed E-state index contributed by atoms with van der Waals surface area (Å²) in [7, 11) is 0. The molecular weight excluding hydrogens is 347 g/mol. The van der Waals surface area contributed by atoms with Gasteiger partial charge in [0.05, 0.1) is 10.0 Å². The Balaban J connectivity index is 2.19. The third-order valence-electron chi connectivity index (χ3n) is 3.42. The molecule has 2 aromatic rings. The number of halogens is 2. The lowest BCUT2D eigenvalue weighted by atomic mass is 10.2. The Morgan fingerprint density at radius 2 is 1.71 bits per heavy atom. The molecule has 0 saturated heterocycles. The number of nitrogens with zero attached hydrogens (tertiary/aromatic N) is 1. The number of benzene rings is 2. The highest BCUT2D eigenvalue weighted by atomic mass is 35.5. The van der Waals surface area contributed by atoms with Crippen LogP contribution in [0, 0.1) is 0 Å². The predicted octanol–water partition coefficient (Wildman–Crippen LogP) is 4.58. The maximum Gasteiger partial charge on any atom is 0.272 e. The van der Waals surface area contributed by atoms with Crippen LogP contribution >= 0.6 is 23.2 Å². The van der Waals surface area contributed by atoms with Crippen LogP contribution in [-0.2, 0) is 0 Å². The summed E-state index contributed by atoms with van der Waals surface area (Å²) in [4.78, 5) is 25.0. The van der Waals surface area contributed by atoms with E-state index < -0.39 is 0 Å². The molecule has 0 unspecified atom stereocenters. The van der Waals surface area contributed by atoms with Gasteiger partial charge >= 0.3 is 0 Å². The smallest absolute Gasteiger partial charge is 0.267 e. The fraction of sp³-hybridized carbons (Fsp3) is 0.222. The Kier molecular flexibility index (Phi) is 6.64. The van der Waals surface area contributed by atoms with E-state index in [0.717, 1.165) is 12.8 Å². The van der Waals surface area contributed by atoms with E-state index in [4.69, 9.17) is 23.2 Å². The number of amides is 2. The zero-order valence-corrected chi connectivity index (χ0v) is 14.8. The summed E-state index contributed by atoms with van der Waals surface area (Å²) in [5.41, 5.74) is 3.53. The summed E-state index contributed by atoms with van der Waals surface area (Å²) in [5.74, 6) is -0.661. The number of carbonyl (C=O) groups excluding carboxylic acids is 2. The monoisotopic (exact) mass is 364 g/mol. The average Bonchev–Trinajstić information content (AvgIpc) is 2.61. The first kappa shape index (κ1) is 18.3. The van der Waals surface area contributed by atoms with Gasteiger partial charge in [-0.05, 0) is 36.8 Å². The molecule has 0 aliphatic heterocycles. The van der Waals surface area contributed by atoms with E-state index in [1.165, 1.54) is 11.1 Å². The molecule has 2 amide bonds. The van der Waals surface area contributed by atoms with E-state index >= 15 is 0 Å². The van der Waals surface area contributed by atoms with Crippen LogP contribution in [0.1, 0.15) is 40.5 Å². The molecule has 6 heteroatoms. The van der Waals surface area contributed by atoms with Crippen molar-refractivity contribution >= 4 is 35.0 Å². The second kappa shape index (κ2) is 8.71. The van der Waals surface area contributed by atoms with Crippen molar-refractivity contribution < 1.29 is 9.59 Å². The largest absolute Gasteiger partial charge is 0.272 e. The zero-order valence-electron chi connectivity index (χ0n) is 13.3. The first-order valence-corrected chi connectivity index (χ1v) is 8.41. The Hall–Kier alpha value is -2.04. The molecule has 0 atom stereocenters. The highest BCUT2D eigenvalue weighted by molar-refractivity contribution is 6.42. The number of rotatable bonds is 5. The van der Waals surface area contributed by atoms with Crippen LogP contribution < -0.4 is 5.43 Å². The van der Waals surface area contributed by atoms with E-state index in [1.54, 1.807) is 36.4 Å². The first-order chi connectivity index (χ1) is 11.5. The second-order valence-electron chi connectivity index (χ2n) is 5.25. The maximum atomic E-state index is 12.7. The van der Waals surface area contributed by atoms with Crippen molar-refractivity contribution in [1.29, 1.82) is 0 Å². The molecule has 0 aliphatic rings. The maximum absolute atomic E-state index is 12.7.